The number of ether oxygens (including phenoxy) is 1. The number of rotatable bonds is 3. The molecule has 0 N–H and O–H groups in total. The molecular weight excluding hydrogens is 381 g/mol. The molecule has 0 radical (unpaired) electrons. The van der Waals surface area contributed by atoms with Gasteiger partial charge >= 0.3 is 6.18 Å². The van der Waals surface area contributed by atoms with E-state index in [-0.39, 0.29) is 36.6 Å². The molecule has 2 aliphatic carbocycles. The van der Waals surface area contributed by atoms with Crippen molar-refractivity contribution in [2.24, 2.45) is 17.8 Å². The first-order valence-corrected chi connectivity index (χ1v) is 9.91. The van der Waals surface area contributed by atoms with Crippen molar-refractivity contribution < 1.29 is 26.3 Å². The van der Waals surface area contributed by atoms with Gasteiger partial charge in [0, 0.05) is 25.5 Å². The molecule has 2 fully saturated rings. The van der Waals surface area contributed by atoms with E-state index in [1.807, 2.05) is 12.2 Å². The fourth-order valence-electron chi connectivity index (χ4n) is 4.96. The maximum Gasteiger partial charge on any atom is 0.417 e. The second-order valence-corrected chi connectivity index (χ2v) is 9.41. The van der Waals surface area contributed by atoms with Crippen LogP contribution in [0.15, 0.2) is 30.4 Å². The summed E-state index contributed by atoms with van der Waals surface area (Å²) in [5.74, 6) is -0.365. The number of nitrogens with zero attached hydrogens (tertiary/aromatic N) is 2. The van der Waals surface area contributed by atoms with Crippen molar-refractivity contribution in [3.63, 3.8) is 0 Å². The minimum atomic E-state index is -4.74. The topological polar surface area (TPSA) is 70.4 Å². The Labute approximate surface area is 155 Å². The van der Waals surface area contributed by atoms with Crippen LogP contribution in [0.1, 0.15) is 17.5 Å². The molecule has 0 spiro atoms. The van der Waals surface area contributed by atoms with Crippen molar-refractivity contribution in [3.05, 3.63) is 41.5 Å². The third-order valence-corrected chi connectivity index (χ3v) is 8.73. The fourth-order valence-corrected chi connectivity index (χ4v) is 7.57. The smallest absolute Gasteiger partial charge is 0.383 e. The minimum absolute atomic E-state index is 0.00438. The average Bonchev–Trinajstić information content (AvgIpc) is 3.25. The Morgan fingerprint density at radius 2 is 2.11 bits per heavy atom. The molecule has 27 heavy (non-hydrogen) atoms. The van der Waals surface area contributed by atoms with Gasteiger partial charge in [0.1, 0.15) is 4.75 Å². The Bertz CT molecular complexity index is 967. The Morgan fingerprint density at radius 3 is 2.74 bits per heavy atom. The number of halogens is 3. The predicted octanol–water partition coefficient (Wildman–Crippen LogP) is 2.93. The summed E-state index contributed by atoms with van der Waals surface area (Å²) in [5, 5.41) is 8.95. The molecule has 4 atom stereocenters. The standard InChI is InChI=1S/C18H17F3N2O3S/c1-26-10-17-13-4-2-11(6-13)16(17)9-23(27(17,24)25)14-5-3-12(8-22)15(7-14)18(19,20)21/h2-5,7,11,13,16H,6,9-10H2,1H3/t11-,13+,16+,17-/m1/s1. The Kier molecular flexibility index (Phi) is 3.88. The third kappa shape index (κ3) is 2.29. The van der Waals surface area contributed by atoms with E-state index in [1.54, 1.807) is 0 Å². The van der Waals surface area contributed by atoms with E-state index in [9.17, 15) is 21.6 Å². The average molecular weight is 398 g/mol. The highest BCUT2D eigenvalue weighted by Crippen LogP contribution is 2.59. The normalized spacial score (nSPS) is 33.3. The number of hydrogen-bond acceptors (Lipinski definition) is 4. The Morgan fingerprint density at radius 1 is 1.37 bits per heavy atom. The van der Waals surface area contributed by atoms with Crippen molar-refractivity contribution in [2.75, 3.05) is 24.6 Å². The molecule has 1 aromatic rings. The van der Waals surface area contributed by atoms with E-state index in [2.05, 4.69) is 0 Å². The number of methoxy groups -OCH3 is 1. The molecule has 5 nitrogen and oxygen atoms in total. The summed E-state index contributed by atoms with van der Waals surface area (Å²) in [6.07, 6.45) is -0.128. The molecule has 9 heteroatoms. The molecule has 1 heterocycles. The zero-order valence-corrected chi connectivity index (χ0v) is 15.2. The lowest BCUT2D eigenvalue weighted by atomic mass is 9.82. The number of benzene rings is 1. The van der Waals surface area contributed by atoms with Gasteiger partial charge in [-0.2, -0.15) is 18.4 Å². The summed E-state index contributed by atoms with van der Waals surface area (Å²) < 4.78 is 72.0. The van der Waals surface area contributed by atoms with Crippen molar-refractivity contribution in [1.82, 2.24) is 0 Å². The predicted molar refractivity (Wildman–Crippen MR) is 91.3 cm³/mol. The lowest BCUT2D eigenvalue weighted by Crippen LogP contribution is -2.50. The highest BCUT2D eigenvalue weighted by atomic mass is 32.2. The maximum atomic E-state index is 13.5. The zero-order valence-electron chi connectivity index (χ0n) is 14.4. The van der Waals surface area contributed by atoms with Crippen LogP contribution in [0.25, 0.3) is 0 Å². The second kappa shape index (κ2) is 5.72. The van der Waals surface area contributed by atoms with E-state index in [4.69, 9.17) is 10.00 Å². The highest BCUT2D eigenvalue weighted by molar-refractivity contribution is 7.94. The summed E-state index contributed by atoms with van der Waals surface area (Å²) in [6, 6.07) is 4.56. The van der Waals surface area contributed by atoms with Gasteiger partial charge in [0.25, 0.3) is 0 Å². The molecule has 4 rings (SSSR count). The van der Waals surface area contributed by atoms with Crippen LogP contribution < -0.4 is 4.31 Å². The molecule has 1 aromatic carbocycles. The SMILES string of the molecule is COC[C@@]12[C@H]3C=C[C@H](C3)[C@@H]1CN(c1ccc(C#N)c(C(F)(F)F)c1)S2(=O)=O. The first kappa shape index (κ1) is 18.3. The third-order valence-electron chi connectivity index (χ3n) is 6.11. The van der Waals surface area contributed by atoms with Crippen LogP contribution in [0.4, 0.5) is 18.9 Å². The summed E-state index contributed by atoms with van der Waals surface area (Å²) in [7, 11) is -2.51. The molecule has 3 aliphatic rings. The largest absolute Gasteiger partial charge is 0.417 e. The molecule has 1 aliphatic heterocycles. The van der Waals surface area contributed by atoms with E-state index >= 15 is 0 Å². The minimum Gasteiger partial charge on any atom is -0.383 e. The van der Waals surface area contributed by atoms with Gasteiger partial charge in [-0.15, -0.1) is 0 Å². The summed E-state index contributed by atoms with van der Waals surface area (Å²) in [4.78, 5) is 0. The van der Waals surface area contributed by atoms with Gasteiger partial charge in [0.15, 0.2) is 0 Å². The number of allylic oxidation sites excluding steroid dienone is 2. The molecular formula is C18H17F3N2O3S. The zero-order chi connectivity index (χ0) is 19.6. The molecule has 0 unspecified atom stereocenters. The monoisotopic (exact) mass is 398 g/mol. The number of nitriles is 1. The maximum absolute atomic E-state index is 13.5. The number of sulfonamides is 1. The lowest BCUT2D eigenvalue weighted by Gasteiger charge is -2.34. The Hall–Kier alpha value is -2.05. The van der Waals surface area contributed by atoms with Gasteiger partial charge in [0.2, 0.25) is 10.0 Å². The van der Waals surface area contributed by atoms with Crippen LogP contribution in [0.3, 0.4) is 0 Å². The van der Waals surface area contributed by atoms with Crippen LogP contribution in [0.5, 0.6) is 0 Å². The Balaban J connectivity index is 1.83. The first-order chi connectivity index (χ1) is 12.7. The highest BCUT2D eigenvalue weighted by Gasteiger charge is 2.69. The van der Waals surface area contributed by atoms with Gasteiger partial charge in [-0.1, -0.05) is 12.2 Å². The van der Waals surface area contributed by atoms with Crippen molar-refractivity contribution in [1.29, 1.82) is 5.26 Å². The van der Waals surface area contributed by atoms with E-state index in [0.29, 0.717) is 0 Å². The molecule has 1 saturated carbocycles. The van der Waals surface area contributed by atoms with Crippen LogP contribution in [-0.4, -0.2) is 33.4 Å². The van der Waals surface area contributed by atoms with Crippen molar-refractivity contribution in [3.8, 4) is 6.07 Å². The summed E-state index contributed by atoms with van der Waals surface area (Å²) >= 11 is 0. The fraction of sp³-hybridized carbons (Fsp3) is 0.500. The quantitative estimate of drug-likeness (QED) is 0.734. The summed E-state index contributed by atoms with van der Waals surface area (Å²) in [6.45, 7) is 0.116. The summed E-state index contributed by atoms with van der Waals surface area (Å²) in [5.41, 5.74) is -1.72. The van der Waals surface area contributed by atoms with Crippen LogP contribution in [0.2, 0.25) is 0 Å². The number of alkyl halides is 3. The number of hydrogen-bond donors (Lipinski definition) is 0. The molecule has 0 amide bonds. The van der Waals surface area contributed by atoms with Crippen LogP contribution in [0, 0.1) is 29.1 Å². The second-order valence-electron chi connectivity index (χ2n) is 7.26. The van der Waals surface area contributed by atoms with Crippen molar-refractivity contribution in [2.45, 2.75) is 17.3 Å². The molecule has 0 aromatic heterocycles. The molecule has 1 saturated heterocycles. The van der Waals surface area contributed by atoms with Crippen LogP contribution in [-0.2, 0) is 20.9 Å². The molecule has 2 bridgehead atoms. The lowest BCUT2D eigenvalue weighted by molar-refractivity contribution is -0.137. The van der Waals surface area contributed by atoms with Gasteiger partial charge in [-0.05, 0) is 30.5 Å². The van der Waals surface area contributed by atoms with E-state index in [1.165, 1.54) is 19.2 Å². The van der Waals surface area contributed by atoms with E-state index in [0.717, 1.165) is 22.9 Å². The molecule has 144 valence electrons. The van der Waals surface area contributed by atoms with Gasteiger partial charge in [0.05, 0.1) is 29.5 Å². The number of fused-ring (bicyclic) bond motifs is 5. The van der Waals surface area contributed by atoms with E-state index < -0.39 is 32.1 Å². The van der Waals surface area contributed by atoms with Gasteiger partial charge in [-0.3, -0.25) is 4.31 Å². The first-order valence-electron chi connectivity index (χ1n) is 8.47. The van der Waals surface area contributed by atoms with Crippen LogP contribution >= 0.6 is 0 Å². The number of anilines is 1. The van der Waals surface area contributed by atoms with Crippen molar-refractivity contribution >= 4 is 15.7 Å². The van der Waals surface area contributed by atoms with Gasteiger partial charge in [-0.25, -0.2) is 8.42 Å². The van der Waals surface area contributed by atoms with Gasteiger partial charge < -0.3 is 4.74 Å².